The molecule has 2 heterocycles. The minimum Gasteiger partial charge on any atom is -0.496 e. The van der Waals surface area contributed by atoms with Gasteiger partial charge >= 0.3 is 0 Å². The Labute approximate surface area is 111 Å². The van der Waals surface area contributed by atoms with Crippen molar-refractivity contribution in [3.05, 3.63) is 34.5 Å². The highest BCUT2D eigenvalue weighted by Gasteiger charge is 2.14. The van der Waals surface area contributed by atoms with E-state index in [-0.39, 0.29) is 0 Å². The summed E-state index contributed by atoms with van der Waals surface area (Å²) in [5, 5.41) is 12.1. The zero-order chi connectivity index (χ0) is 13.0. The van der Waals surface area contributed by atoms with Gasteiger partial charge in [-0.25, -0.2) is 4.98 Å². The predicted octanol–water partition coefficient (Wildman–Crippen LogP) is 2.64. The molecule has 2 aromatic rings. The van der Waals surface area contributed by atoms with Crippen molar-refractivity contribution in [1.29, 1.82) is 0 Å². The van der Waals surface area contributed by atoms with Crippen LogP contribution in [0.1, 0.15) is 30.2 Å². The van der Waals surface area contributed by atoms with E-state index in [1.807, 2.05) is 17.6 Å². The lowest BCUT2D eigenvalue weighted by atomic mass is 10.2. The maximum absolute atomic E-state index is 10.2. The lowest BCUT2D eigenvalue weighted by molar-refractivity contribution is 0.178. The predicted molar refractivity (Wildman–Crippen MR) is 72.1 cm³/mol. The lowest BCUT2D eigenvalue weighted by Gasteiger charge is -2.10. The minimum absolute atomic E-state index is 0.517. The molecule has 18 heavy (non-hydrogen) atoms. The molecule has 1 unspecified atom stereocenters. The summed E-state index contributed by atoms with van der Waals surface area (Å²) in [7, 11) is 1.63. The van der Waals surface area contributed by atoms with E-state index < -0.39 is 6.10 Å². The van der Waals surface area contributed by atoms with Crippen molar-refractivity contribution in [2.24, 2.45) is 0 Å². The number of rotatable bonds is 6. The second-order valence-corrected chi connectivity index (χ2v) is 5.09. The number of methoxy groups -OCH3 is 1. The number of hydrogen-bond donors (Lipinski definition) is 1. The summed E-state index contributed by atoms with van der Waals surface area (Å²) in [4.78, 5) is 5.22. The quantitative estimate of drug-likeness (QED) is 0.874. The van der Waals surface area contributed by atoms with Gasteiger partial charge in [0.25, 0.3) is 0 Å². The SMILES string of the molecule is CCCn1ccnc1CC(O)c1cc(OC)cs1. The second kappa shape index (κ2) is 6.02. The third-order valence-corrected chi connectivity index (χ3v) is 3.81. The van der Waals surface area contributed by atoms with Gasteiger partial charge < -0.3 is 14.4 Å². The van der Waals surface area contributed by atoms with E-state index in [4.69, 9.17) is 4.74 Å². The van der Waals surface area contributed by atoms with Crippen molar-refractivity contribution in [1.82, 2.24) is 9.55 Å². The number of thiophene rings is 1. The first-order valence-electron chi connectivity index (χ1n) is 6.05. The Morgan fingerprint density at radius 1 is 1.56 bits per heavy atom. The summed E-state index contributed by atoms with van der Waals surface area (Å²) >= 11 is 1.51. The monoisotopic (exact) mass is 266 g/mol. The Kier molecular flexibility index (Phi) is 4.38. The molecule has 98 valence electrons. The van der Waals surface area contributed by atoms with E-state index in [1.165, 1.54) is 11.3 Å². The van der Waals surface area contributed by atoms with Gasteiger partial charge in [-0.05, 0) is 12.5 Å². The second-order valence-electron chi connectivity index (χ2n) is 4.15. The van der Waals surface area contributed by atoms with E-state index in [2.05, 4.69) is 16.5 Å². The highest BCUT2D eigenvalue weighted by Crippen LogP contribution is 2.28. The Morgan fingerprint density at radius 3 is 3.06 bits per heavy atom. The zero-order valence-corrected chi connectivity index (χ0v) is 11.5. The van der Waals surface area contributed by atoms with Gasteiger partial charge in [0, 0.05) is 35.6 Å². The molecule has 1 atom stereocenters. The standard InChI is InChI=1S/C13H18N2O2S/c1-3-5-15-6-4-14-13(15)8-11(16)12-7-10(17-2)9-18-12/h4,6-7,9,11,16H,3,5,8H2,1-2H3. The van der Waals surface area contributed by atoms with Crippen molar-refractivity contribution < 1.29 is 9.84 Å². The maximum Gasteiger partial charge on any atom is 0.129 e. The third kappa shape index (κ3) is 2.91. The molecule has 5 heteroatoms. The molecule has 0 aliphatic heterocycles. The van der Waals surface area contributed by atoms with E-state index in [1.54, 1.807) is 13.3 Å². The molecule has 0 aliphatic carbocycles. The molecule has 0 spiro atoms. The Balaban J connectivity index is 2.06. The van der Waals surface area contributed by atoms with Gasteiger partial charge in [0.2, 0.25) is 0 Å². The topological polar surface area (TPSA) is 47.3 Å². The van der Waals surface area contributed by atoms with Crippen LogP contribution in [0.4, 0.5) is 0 Å². The van der Waals surface area contributed by atoms with Crippen molar-refractivity contribution >= 4 is 11.3 Å². The molecule has 2 rings (SSSR count). The van der Waals surface area contributed by atoms with Crippen molar-refractivity contribution in [3.8, 4) is 5.75 Å². The first kappa shape index (κ1) is 13.1. The molecule has 0 aromatic carbocycles. The van der Waals surface area contributed by atoms with Gasteiger partial charge in [-0.15, -0.1) is 11.3 Å². The van der Waals surface area contributed by atoms with E-state index in [0.29, 0.717) is 6.42 Å². The van der Waals surface area contributed by atoms with Crippen LogP contribution in [0.3, 0.4) is 0 Å². The summed E-state index contributed by atoms with van der Waals surface area (Å²) in [5.74, 6) is 1.72. The summed E-state index contributed by atoms with van der Waals surface area (Å²) in [5.41, 5.74) is 0. The molecule has 2 aromatic heterocycles. The summed E-state index contributed by atoms with van der Waals surface area (Å²) in [6.45, 7) is 3.07. The number of nitrogens with zero attached hydrogens (tertiary/aromatic N) is 2. The fourth-order valence-corrected chi connectivity index (χ4v) is 2.71. The van der Waals surface area contributed by atoms with Gasteiger partial charge in [-0.2, -0.15) is 0 Å². The molecule has 0 fully saturated rings. The van der Waals surface area contributed by atoms with Crippen LogP contribution in [0.25, 0.3) is 0 Å². The van der Waals surface area contributed by atoms with Crippen LogP contribution in [-0.4, -0.2) is 21.8 Å². The van der Waals surface area contributed by atoms with Crippen LogP contribution < -0.4 is 4.74 Å². The van der Waals surface area contributed by atoms with E-state index >= 15 is 0 Å². The Hall–Kier alpha value is -1.33. The largest absolute Gasteiger partial charge is 0.496 e. The maximum atomic E-state index is 10.2. The number of aryl methyl sites for hydroxylation is 1. The first-order chi connectivity index (χ1) is 8.74. The molecule has 0 amide bonds. The van der Waals surface area contributed by atoms with Crippen LogP contribution in [0.15, 0.2) is 23.8 Å². The van der Waals surface area contributed by atoms with Crippen molar-refractivity contribution in [3.63, 3.8) is 0 Å². The molecule has 0 bridgehead atoms. The summed E-state index contributed by atoms with van der Waals surface area (Å²) in [6.07, 6.45) is 4.83. The van der Waals surface area contributed by atoms with Crippen LogP contribution >= 0.6 is 11.3 Å². The first-order valence-corrected chi connectivity index (χ1v) is 6.93. The number of hydrogen-bond acceptors (Lipinski definition) is 4. The normalized spacial score (nSPS) is 12.6. The van der Waals surface area contributed by atoms with Crippen LogP contribution in [0, 0.1) is 0 Å². The highest BCUT2D eigenvalue weighted by molar-refractivity contribution is 7.10. The molecule has 0 saturated heterocycles. The summed E-state index contributed by atoms with van der Waals surface area (Å²) < 4.78 is 7.21. The fourth-order valence-electron chi connectivity index (χ4n) is 1.86. The van der Waals surface area contributed by atoms with Gasteiger partial charge in [-0.3, -0.25) is 0 Å². The van der Waals surface area contributed by atoms with Crippen molar-refractivity contribution in [2.45, 2.75) is 32.4 Å². The molecule has 4 nitrogen and oxygen atoms in total. The highest BCUT2D eigenvalue weighted by atomic mass is 32.1. The fraction of sp³-hybridized carbons (Fsp3) is 0.462. The zero-order valence-electron chi connectivity index (χ0n) is 10.7. The smallest absolute Gasteiger partial charge is 0.129 e. The Bertz CT molecular complexity index is 493. The van der Waals surface area contributed by atoms with E-state index in [9.17, 15) is 5.11 Å². The Morgan fingerprint density at radius 2 is 2.39 bits per heavy atom. The van der Waals surface area contributed by atoms with Crippen molar-refractivity contribution in [2.75, 3.05) is 7.11 Å². The third-order valence-electron chi connectivity index (χ3n) is 2.80. The number of aliphatic hydroxyl groups excluding tert-OH is 1. The van der Waals surface area contributed by atoms with Gasteiger partial charge in [0.05, 0.1) is 13.2 Å². The molecule has 0 aliphatic rings. The minimum atomic E-state index is -0.517. The van der Waals surface area contributed by atoms with Gasteiger partial charge in [-0.1, -0.05) is 6.92 Å². The van der Waals surface area contributed by atoms with E-state index in [0.717, 1.165) is 29.4 Å². The average Bonchev–Trinajstić information content (AvgIpc) is 2.99. The molecular weight excluding hydrogens is 248 g/mol. The number of aromatic nitrogens is 2. The number of imidazole rings is 1. The van der Waals surface area contributed by atoms with Gasteiger partial charge in [0.15, 0.2) is 0 Å². The number of ether oxygens (including phenoxy) is 1. The van der Waals surface area contributed by atoms with Crippen LogP contribution in [0.2, 0.25) is 0 Å². The summed E-state index contributed by atoms with van der Waals surface area (Å²) in [6, 6.07) is 1.88. The molecule has 0 saturated carbocycles. The van der Waals surface area contributed by atoms with Crippen LogP contribution in [0.5, 0.6) is 5.75 Å². The van der Waals surface area contributed by atoms with Crippen LogP contribution in [-0.2, 0) is 13.0 Å². The molecule has 0 radical (unpaired) electrons. The molecular formula is C13H18N2O2S. The molecule has 1 N–H and O–H groups in total. The number of aliphatic hydroxyl groups is 1. The van der Waals surface area contributed by atoms with Gasteiger partial charge in [0.1, 0.15) is 11.6 Å². The lowest BCUT2D eigenvalue weighted by Crippen LogP contribution is -2.08. The average molecular weight is 266 g/mol.